The van der Waals surface area contributed by atoms with Gasteiger partial charge in [0, 0.05) is 50.3 Å². The first-order valence-electron chi connectivity index (χ1n) is 12.3. The van der Waals surface area contributed by atoms with Gasteiger partial charge < -0.3 is 21.4 Å². The molecular formula is C23H29ClF5N9O2. The molecule has 0 aromatic carbocycles. The second-order valence-corrected chi connectivity index (χ2v) is 9.95. The van der Waals surface area contributed by atoms with E-state index in [4.69, 9.17) is 22.4 Å². The van der Waals surface area contributed by atoms with Crippen LogP contribution in [0.5, 0.6) is 0 Å². The summed E-state index contributed by atoms with van der Waals surface area (Å²) in [5, 5.41) is 23.0. The molecular weight excluding hydrogens is 565 g/mol. The van der Waals surface area contributed by atoms with Crippen LogP contribution in [0.4, 0.5) is 27.9 Å². The minimum absolute atomic E-state index is 0.00703. The largest absolute Gasteiger partial charge is 0.379 e. The Bertz CT molecular complexity index is 1310. The van der Waals surface area contributed by atoms with Crippen molar-refractivity contribution in [3.8, 4) is 0 Å². The highest BCUT2D eigenvalue weighted by atomic mass is 35.5. The summed E-state index contributed by atoms with van der Waals surface area (Å²) in [7, 11) is 1.53. The van der Waals surface area contributed by atoms with Crippen LogP contribution in [0.25, 0.3) is 0 Å². The lowest BCUT2D eigenvalue weighted by atomic mass is 9.85. The van der Waals surface area contributed by atoms with Crippen LogP contribution < -0.4 is 27.3 Å². The van der Waals surface area contributed by atoms with Crippen molar-refractivity contribution in [2.75, 3.05) is 12.4 Å². The lowest BCUT2D eigenvalue weighted by Crippen LogP contribution is -2.48. The molecule has 3 rings (SSSR count). The van der Waals surface area contributed by atoms with E-state index in [1.165, 1.54) is 19.6 Å². The standard InChI is InChI=1S/C23H29ClF5N9O2/c1-32-10-34-20(31)9-38-22(39)36-21(37(23(38)40)8-12-2-15(26)16(27)5-14(12)25)35-18-3-11(6-33-7-19(28)29)17(30)4-13(18)24/h6-7,10,12-16,18,30,33H,2-5,8-9H2,1H3,(H2,31,32,34)(H,35,36,39)/b11-6-,30-17?/t12?,13?,14?,15-,16?,18?/m1/s1. The van der Waals surface area contributed by atoms with Gasteiger partial charge in [-0.1, -0.05) is 0 Å². The van der Waals surface area contributed by atoms with E-state index in [0.717, 1.165) is 4.57 Å². The van der Waals surface area contributed by atoms with E-state index < -0.39 is 79.2 Å². The molecule has 1 heterocycles. The Balaban J connectivity index is 1.99. The molecule has 220 valence electrons. The topological polar surface area (TPSA) is 153 Å². The number of aliphatic imine (C=N–C) groups is 1. The zero-order valence-corrected chi connectivity index (χ0v) is 22.1. The van der Waals surface area contributed by atoms with E-state index in [-0.39, 0.29) is 30.3 Å². The molecule has 5 N–H and O–H groups in total. The number of hydrogen-bond acceptors (Lipinski definition) is 7. The van der Waals surface area contributed by atoms with Crippen molar-refractivity contribution in [3.05, 3.63) is 45.0 Å². The van der Waals surface area contributed by atoms with Crippen LogP contribution in [0.2, 0.25) is 0 Å². The number of amidine groups is 1. The zero-order valence-electron chi connectivity index (χ0n) is 21.3. The predicted octanol–water partition coefficient (Wildman–Crippen LogP) is 2.47. The van der Waals surface area contributed by atoms with Crippen LogP contribution in [-0.4, -0.2) is 69.0 Å². The van der Waals surface area contributed by atoms with Gasteiger partial charge in [-0.25, -0.2) is 32.3 Å². The summed E-state index contributed by atoms with van der Waals surface area (Å²) >= 11 is 6.43. The summed E-state index contributed by atoms with van der Waals surface area (Å²) in [5.41, 5.74) is -1.66. The number of aromatic nitrogens is 3. The maximum Gasteiger partial charge on any atom is 0.355 e. The third-order valence-corrected chi connectivity index (χ3v) is 6.99. The van der Waals surface area contributed by atoms with Crippen LogP contribution in [0.15, 0.2) is 38.6 Å². The molecule has 5 unspecified atom stereocenters. The Hall–Kier alpha value is -3.56. The van der Waals surface area contributed by atoms with E-state index in [2.05, 4.69) is 25.9 Å². The molecule has 2 aliphatic rings. The van der Waals surface area contributed by atoms with Crippen molar-refractivity contribution in [2.45, 2.75) is 68.7 Å². The maximum absolute atomic E-state index is 14.7. The number of anilines is 1. The van der Waals surface area contributed by atoms with Gasteiger partial charge in [-0.05, 0) is 18.4 Å². The van der Waals surface area contributed by atoms with Crippen LogP contribution in [0.1, 0.15) is 25.7 Å². The Labute approximate surface area is 230 Å². The summed E-state index contributed by atoms with van der Waals surface area (Å²) in [6, 6.07) is -0.758. The highest BCUT2D eigenvalue weighted by molar-refractivity contribution is 6.24. The highest BCUT2D eigenvalue weighted by Crippen LogP contribution is 2.33. The first kappa shape index (κ1) is 31.0. The monoisotopic (exact) mass is 593 g/mol. The molecule has 17 heteroatoms. The number of halogens is 6. The van der Waals surface area contributed by atoms with Crippen molar-refractivity contribution in [2.24, 2.45) is 10.9 Å². The number of rotatable bonds is 9. The summed E-state index contributed by atoms with van der Waals surface area (Å²) in [6.45, 7) is -1.03. The Kier molecular flexibility index (Phi) is 10.6. The average Bonchev–Trinajstić information content (AvgIpc) is 2.88. The maximum atomic E-state index is 14.7. The van der Waals surface area contributed by atoms with Gasteiger partial charge in [-0.2, -0.15) is 13.8 Å². The SMILES string of the molecule is CN/C=N\C(=N)Cn1c(=O)nc(NC2C/C(=C/NC=C(F)F)C(=N)CC2Cl)n(CC2C[C@@H](F)C(F)CC2F)c1=O. The third-order valence-electron chi connectivity index (χ3n) is 6.53. The van der Waals surface area contributed by atoms with Gasteiger partial charge in [0.25, 0.3) is 6.08 Å². The van der Waals surface area contributed by atoms with Crippen LogP contribution in [0, 0.1) is 16.7 Å². The summed E-state index contributed by atoms with van der Waals surface area (Å²) in [4.78, 5) is 33.8. The van der Waals surface area contributed by atoms with Crippen LogP contribution in [-0.2, 0) is 13.1 Å². The fourth-order valence-corrected chi connectivity index (χ4v) is 4.76. The fourth-order valence-electron chi connectivity index (χ4n) is 4.45. The molecule has 0 radical (unpaired) electrons. The van der Waals surface area contributed by atoms with E-state index >= 15 is 0 Å². The highest BCUT2D eigenvalue weighted by Gasteiger charge is 2.39. The van der Waals surface area contributed by atoms with E-state index in [0.29, 0.717) is 16.3 Å². The molecule has 1 aromatic rings. The van der Waals surface area contributed by atoms with E-state index in [1.54, 1.807) is 0 Å². The van der Waals surface area contributed by atoms with Gasteiger partial charge in [-0.15, -0.1) is 11.6 Å². The number of alkyl halides is 4. The Morgan fingerprint density at radius 2 is 1.85 bits per heavy atom. The van der Waals surface area contributed by atoms with Gasteiger partial charge in [0.1, 0.15) is 24.4 Å². The lowest BCUT2D eigenvalue weighted by Gasteiger charge is -2.33. The summed E-state index contributed by atoms with van der Waals surface area (Å²) in [5.74, 6) is -1.82. The van der Waals surface area contributed by atoms with Crippen molar-refractivity contribution in [1.82, 2.24) is 24.8 Å². The first-order valence-corrected chi connectivity index (χ1v) is 12.7. The molecule has 1 aromatic heterocycles. The predicted molar refractivity (Wildman–Crippen MR) is 141 cm³/mol. The van der Waals surface area contributed by atoms with E-state index in [1.807, 2.05) is 0 Å². The molecule has 0 aliphatic heterocycles. The average molecular weight is 594 g/mol. The quantitative estimate of drug-likeness (QED) is 0.128. The van der Waals surface area contributed by atoms with Crippen molar-refractivity contribution in [3.63, 3.8) is 0 Å². The number of nitrogens with one attached hydrogen (secondary N) is 5. The van der Waals surface area contributed by atoms with Gasteiger partial charge in [0.15, 0.2) is 0 Å². The molecule has 2 saturated carbocycles. The molecule has 0 amide bonds. The molecule has 11 nitrogen and oxygen atoms in total. The van der Waals surface area contributed by atoms with Crippen LogP contribution in [0.3, 0.4) is 0 Å². The molecule has 0 spiro atoms. The molecule has 0 saturated heterocycles. The lowest BCUT2D eigenvalue weighted by molar-refractivity contribution is 0.0249. The van der Waals surface area contributed by atoms with Crippen LogP contribution >= 0.6 is 11.6 Å². The summed E-state index contributed by atoms with van der Waals surface area (Å²) < 4.78 is 68.9. The van der Waals surface area contributed by atoms with Crippen molar-refractivity contribution in [1.29, 1.82) is 10.8 Å². The van der Waals surface area contributed by atoms with Gasteiger partial charge in [0.2, 0.25) is 5.95 Å². The molecule has 40 heavy (non-hydrogen) atoms. The second kappa shape index (κ2) is 13.7. The minimum atomic E-state index is -1.98. The first-order chi connectivity index (χ1) is 18.9. The molecule has 2 fully saturated rings. The number of nitrogens with zero attached hydrogens (tertiary/aromatic N) is 4. The Morgan fingerprint density at radius 1 is 1.15 bits per heavy atom. The van der Waals surface area contributed by atoms with E-state index in [9.17, 15) is 31.5 Å². The molecule has 6 atom stereocenters. The zero-order chi connectivity index (χ0) is 29.6. The van der Waals surface area contributed by atoms with Gasteiger partial charge in [0.05, 0.1) is 24.5 Å². The third kappa shape index (κ3) is 7.76. The minimum Gasteiger partial charge on any atom is -0.379 e. The van der Waals surface area contributed by atoms with Crippen molar-refractivity contribution >= 4 is 35.4 Å². The van der Waals surface area contributed by atoms with Gasteiger partial charge in [-0.3, -0.25) is 9.98 Å². The van der Waals surface area contributed by atoms with Crippen molar-refractivity contribution < 1.29 is 22.0 Å². The Morgan fingerprint density at radius 3 is 2.52 bits per heavy atom. The van der Waals surface area contributed by atoms with Gasteiger partial charge >= 0.3 is 11.4 Å². The fraction of sp³-hybridized carbons (Fsp3) is 0.565. The summed E-state index contributed by atoms with van der Waals surface area (Å²) in [6.07, 6.45) is -6.06. The second-order valence-electron chi connectivity index (χ2n) is 9.39. The normalized spacial score (nSPS) is 28.0. The number of hydrogen-bond donors (Lipinski definition) is 5. The molecule has 0 bridgehead atoms. The molecule has 2 aliphatic carbocycles. The smallest absolute Gasteiger partial charge is 0.355 e.